The van der Waals surface area contributed by atoms with Crippen molar-refractivity contribution in [1.29, 1.82) is 0 Å². The molecule has 1 spiro atoms. The minimum atomic E-state index is -1.61. The molecule has 3 heterocycles. The van der Waals surface area contributed by atoms with Crippen LogP contribution in [0.1, 0.15) is 60.8 Å². The van der Waals surface area contributed by atoms with E-state index >= 15 is 0 Å². The van der Waals surface area contributed by atoms with E-state index in [1.807, 2.05) is 13.8 Å². The summed E-state index contributed by atoms with van der Waals surface area (Å²) >= 11 is 0. The number of fused-ring (bicyclic) bond motifs is 1. The topological polar surface area (TPSA) is 86.6 Å². The highest BCUT2D eigenvalue weighted by atomic mass is 16.9. The van der Waals surface area contributed by atoms with Crippen LogP contribution >= 0.6 is 0 Å². The molecule has 2 unspecified atom stereocenters. The summed E-state index contributed by atoms with van der Waals surface area (Å²) in [5.74, 6) is -3.14. The van der Waals surface area contributed by atoms with Gasteiger partial charge in [0.15, 0.2) is 17.2 Å². The first kappa shape index (κ1) is 19.5. The fraction of sp³-hybridized carbons (Fsp3) is 1.00. The molecule has 7 nitrogen and oxygen atoms in total. The molecule has 0 amide bonds. The zero-order valence-electron chi connectivity index (χ0n) is 16.1. The van der Waals surface area contributed by atoms with Gasteiger partial charge in [-0.05, 0) is 40.5 Å². The van der Waals surface area contributed by atoms with E-state index < -0.39 is 40.8 Å². The molecule has 0 aromatic heterocycles. The molecule has 3 aliphatic rings. The molecular formula is C18H32O7. The minimum absolute atomic E-state index is 0.0487. The van der Waals surface area contributed by atoms with Gasteiger partial charge in [-0.25, -0.2) is 0 Å². The van der Waals surface area contributed by atoms with Crippen molar-refractivity contribution < 1.29 is 33.9 Å². The molecule has 25 heavy (non-hydrogen) atoms. The predicted octanol–water partition coefficient (Wildman–Crippen LogP) is 1.69. The third-order valence-electron chi connectivity index (χ3n) is 5.73. The second-order valence-electron chi connectivity index (χ2n) is 8.48. The molecule has 0 aromatic carbocycles. The van der Waals surface area contributed by atoms with Crippen LogP contribution in [0.25, 0.3) is 0 Å². The SMILES string of the molecule is CCC(O)(CC)CC1(O)C2OC(C)(C)O[C@@H]2CO[C@]12COC(C)(C)O2. The van der Waals surface area contributed by atoms with Crippen molar-refractivity contribution in [2.24, 2.45) is 0 Å². The first-order valence-corrected chi connectivity index (χ1v) is 9.18. The summed E-state index contributed by atoms with van der Waals surface area (Å²) in [6.45, 7) is 11.2. The zero-order chi connectivity index (χ0) is 18.7. The molecule has 3 saturated heterocycles. The zero-order valence-corrected chi connectivity index (χ0v) is 16.1. The van der Waals surface area contributed by atoms with Gasteiger partial charge in [0, 0.05) is 6.42 Å². The molecule has 4 atom stereocenters. The lowest BCUT2D eigenvalue weighted by Crippen LogP contribution is -2.72. The lowest BCUT2D eigenvalue weighted by atomic mass is 9.73. The number of hydrogen-bond acceptors (Lipinski definition) is 7. The van der Waals surface area contributed by atoms with Crippen LogP contribution in [0.2, 0.25) is 0 Å². The van der Waals surface area contributed by atoms with Gasteiger partial charge in [0.25, 0.3) is 0 Å². The normalized spacial score (nSPS) is 42.7. The van der Waals surface area contributed by atoms with Crippen LogP contribution in [0.15, 0.2) is 0 Å². The summed E-state index contributed by atoms with van der Waals surface area (Å²) in [5, 5.41) is 22.8. The van der Waals surface area contributed by atoms with Gasteiger partial charge < -0.3 is 33.9 Å². The van der Waals surface area contributed by atoms with Gasteiger partial charge in [-0.1, -0.05) is 13.8 Å². The van der Waals surface area contributed by atoms with Crippen LogP contribution in [-0.2, 0) is 23.7 Å². The van der Waals surface area contributed by atoms with Gasteiger partial charge in [-0.15, -0.1) is 0 Å². The standard InChI is InChI=1S/C18H32O7/c1-7-16(19,8-2)10-17(20)13-12(23-15(5,6)24-13)9-21-18(17)11-22-14(3,4)25-18/h12-13,19-20H,7-11H2,1-6H3/t12-,13?,17?,18+/m1/s1. The first-order chi connectivity index (χ1) is 11.4. The Labute approximate surface area is 149 Å². The van der Waals surface area contributed by atoms with Gasteiger partial charge in [-0.3, -0.25) is 0 Å². The van der Waals surface area contributed by atoms with Crippen LogP contribution in [0.3, 0.4) is 0 Å². The number of rotatable bonds is 4. The summed E-state index contributed by atoms with van der Waals surface area (Å²) in [6, 6.07) is 0. The second kappa shape index (κ2) is 5.86. The maximum absolute atomic E-state index is 11.9. The van der Waals surface area contributed by atoms with Crippen molar-refractivity contribution >= 4 is 0 Å². The highest BCUT2D eigenvalue weighted by Gasteiger charge is 2.71. The molecule has 0 aromatic rings. The predicted molar refractivity (Wildman–Crippen MR) is 88.7 cm³/mol. The van der Waals surface area contributed by atoms with Gasteiger partial charge in [0.2, 0.25) is 5.79 Å². The second-order valence-corrected chi connectivity index (χ2v) is 8.48. The third kappa shape index (κ3) is 3.14. The molecule has 2 N–H and O–H groups in total. The van der Waals surface area contributed by atoms with Crippen LogP contribution in [0.4, 0.5) is 0 Å². The van der Waals surface area contributed by atoms with Crippen LogP contribution in [-0.4, -0.2) is 64.2 Å². The van der Waals surface area contributed by atoms with Crippen molar-refractivity contribution in [2.75, 3.05) is 13.2 Å². The van der Waals surface area contributed by atoms with Crippen molar-refractivity contribution in [2.45, 2.75) is 102 Å². The van der Waals surface area contributed by atoms with E-state index in [2.05, 4.69) is 0 Å². The minimum Gasteiger partial charge on any atom is -0.390 e. The van der Waals surface area contributed by atoms with Crippen LogP contribution in [0.5, 0.6) is 0 Å². The van der Waals surface area contributed by atoms with Gasteiger partial charge >= 0.3 is 0 Å². The maximum atomic E-state index is 11.9. The molecule has 0 bridgehead atoms. The number of hydrogen-bond donors (Lipinski definition) is 2. The molecule has 146 valence electrons. The van der Waals surface area contributed by atoms with Crippen molar-refractivity contribution in [3.63, 3.8) is 0 Å². The Morgan fingerprint density at radius 3 is 2.16 bits per heavy atom. The fourth-order valence-corrected chi connectivity index (χ4v) is 4.17. The smallest absolute Gasteiger partial charge is 0.227 e. The average molecular weight is 360 g/mol. The molecule has 3 rings (SSSR count). The van der Waals surface area contributed by atoms with E-state index in [0.717, 1.165) is 0 Å². The Bertz CT molecular complexity index is 514. The van der Waals surface area contributed by atoms with Crippen LogP contribution in [0, 0.1) is 0 Å². The molecule has 0 aliphatic carbocycles. The van der Waals surface area contributed by atoms with Gasteiger partial charge in [-0.2, -0.15) is 0 Å². The Morgan fingerprint density at radius 1 is 1.00 bits per heavy atom. The van der Waals surface area contributed by atoms with E-state index in [1.54, 1.807) is 27.7 Å². The molecule has 0 saturated carbocycles. The summed E-state index contributed by atoms with van der Waals surface area (Å²) in [4.78, 5) is 0. The summed E-state index contributed by atoms with van der Waals surface area (Å²) in [5.41, 5.74) is -2.68. The van der Waals surface area contributed by atoms with E-state index in [-0.39, 0.29) is 19.6 Å². The Kier molecular flexibility index (Phi) is 4.56. The molecule has 7 heteroatoms. The summed E-state index contributed by atoms with van der Waals surface area (Å²) < 4.78 is 29.8. The lowest BCUT2D eigenvalue weighted by molar-refractivity contribution is -0.374. The summed E-state index contributed by atoms with van der Waals surface area (Å²) in [7, 11) is 0. The molecule has 0 radical (unpaired) electrons. The van der Waals surface area contributed by atoms with E-state index in [4.69, 9.17) is 23.7 Å². The largest absolute Gasteiger partial charge is 0.390 e. The summed E-state index contributed by atoms with van der Waals surface area (Å²) in [6.07, 6.45) is -0.0801. The third-order valence-corrected chi connectivity index (χ3v) is 5.73. The average Bonchev–Trinajstić information content (AvgIpc) is 3.01. The van der Waals surface area contributed by atoms with E-state index in [1.165, 1.54) is 0 Å². The van der Waals surface area contributed by atoms with Gasteiger partial charge in [0.1, 0.15) is 18.8 Å². The van der Waals surface area contributed by atoms with Crippen molar-refractivity contribution in [3.8, 4) is 0 Å². The van der Waals surface area contributed by atoms with E-state index in [0.29, 0.717) is 12.8 Å². The molecule has 3 aliphatic heterocycles. The number of aliphatic hydroxyl groups is 2. The van der Waals surface area contributed by atoms with Crippen molar-refractivity contribution in [1.82, 2.24) is 0 Å². The maximum Gasteiger partial charge on any atom is 0.227 e. The lowest BCUT2D eigenvalue weighted by Gasteiger charge is -2.52. The van der Waals surface area contributed by atoms with Crippen molar-refractivity contribution in [3.05, 3.63) is 0 Å². The Hall–Kier alpha value is -0.280. The Balaban J connectivity index is 2.02. The highest BCUT2D eigenvalue weighted by Crippen LogP contribution is 2.52. The first-order valence-electron chi connectivity index (χ1n) is 9.18. The molecule has 3 fully saturated rings. The van der Waals surface area contributed by atoms with Gasteiger partial charge in [0.05, 0.1) is 12.2 Å². The number of ether oxygens (including phenoxy) is 5. The fourth-order valence-electron chi connectivity index (χ4n) is 4.17. The Morgan fingerprint density at radius 2 is 1.64 bits per heavy atom. The monoisotopic (exact) mass is 360 g/mol. The van der Waals surface area contributed by atoms with Crippen LogP contribution < -0.4 is 0 Å². The van der Waals surface area contributed by atoms with E-state index in [9.17, 15) is 10.2 Å². The molecular weight excluding hydrogens is 328 g/mol. The highest BCUT2D eigenvalue weighted by molar-refractivity contribution is 5.13. The quantitative estimate of drug-likeness (QED) is 0.789.